The molecule has 1 N–H and O–H groups in total. The topological polar surface area (TPSA) is 68.6 Å². The molecule has 0 bridgehead atoms. The number of nitrogens with zero attached hydrogens (tertiary/aromatic N) is 3. The minimum absolute atomic E-state index is 0.198. The summed E-state index contributed by atoms with van der Waals surface area (Å²) >= 11 is 0. The van der Waals surface area contributed by atoms with Crippen molar-refractivity contribution in [1.82, 2.24) is 20.0 Å². The number of carbonyl (C=O) groups excluding carboxylic acids is 1. The number of carbonyl (C=O) groups is 1. The molecular formula is C24H28N4O3. The highest BCUT2D eigenvalue weighted by molar-refractivity contribution is 5.92. The fourth-order valence-electron chi connectivity index (χ4n) is 3.55. The van der Waals surface area contributed by atoms with E-state index in [2.05, 4.69) is 15.3 Å². The van der Waals surface area contributed by atoms with Crippen LogP contribution in [-0.2, 0) is 11.3 Å². The minimum atomic E-state index is -0.198. The van der Waals surface area contributed by atoms with Gasteiger partial charge in [0.15, 0.2) is 5.69 Å². The number of aromatic nitrogens is 2. The Labute approximate surface area is 182 Å². The monoisotopic (exact) mass is 420 g/mol. The van der Waals surface area contributed by atoms with Crippen LogP contribution in [0.25, 0.3) is 5.69 Å². The number of nitrogens with one attached hydrogen (secondary N) is 1. The summed E-state index contributed by atoms with van der Waals surface area (Å²) in [6.45, 7) is 7.35. The maximum Gasteiger partial charge on any atom is 0.272 e. The number of para-hydroxylation sites is 1. The van der Waals surface area contributed by atoms with Gasteiger partial charge in [-0.05, 0) is 42.8 Å². The summed E-state index contributed by atoms with van der Waals surface area (Å²) in [4.78, 5) is 15.0. The van der Waals surface area contributed by atoms with Gasteiger partial charge in [-0.1, -0.05) is 30.3 Å². The maximum absolute atomic E-state index is 12.6. The zero-order valence-electron chi connectivity index (χ0n) is 17.8. The molecule has 31 heavy (non-hydrogen) atoms. The predicted molar refractivity (Wildman–Crippen MR) is 119 cm³/mol. The van der Waals surface area contributed by atoms with Crippen molar-refractivity contribution in [3.05, 3.63) is 77.6 Å². The standard InChI is InChI=1S/C24H28N4O3/c1-19-16-23(26-28(19)21-7-3-2-4-8-21)24(29)25-18-20-6-5-9-22(17-20)31-15-12-27-10-13-30-14-11-27/h2-9,16-17H,10-15,18H2,1H3,(H,25,29). The molecule has 1 fully saturated rings. The molecule has 0 radical (unpaired) electrons. The van der Waals surface area contributed by atoms with Crippen molar-refractivity contribution >= 4 is 5.91 Å². The molecule has 0 saturated carbocycles. The summed E-state index contributed by atoms with van der Waals surface area (Å²) in [5.41, 5.74) is 3.23. The van der Waals surface area contributed by atoms with Gasteiger partial charge < -0.3 is 14.8 Å². The van der Waals surface area contributed by atoms with Crippen LogP contribution in [0, 0.1) is 6.92 Å². The fourth-order valence-corrected chi connectivity index (χ4v) is 3.55. The summed E-state index contributed by atoms with van der Waals surface area (Å²) in [7, 11) is 0. The van der Waals surface area contributed by atoms with Crippen LogP contribution in [0.15, 0.2) is 60.7 Å². The highest BCUT2D eigenvalue weighted by Gasteiger charge is 2.13. The quantitative estimate of drug-likeness (QED) is 0.607. The second-order valence-electron chi connectivity index (χ2n) is 7.55. The Balaban J connectivity index is 1.30. The highest BCUT2D eigenvalue weighted by Crippen LogP contribution is 2.15. The van der Waals surface area contributed by atoms with Crippen LogP contribution >= 0.6 is 0 Å². The third kappa shape index (κ3) is 5.71. The Morgan fingerprint density at radius 2 is 1.90 bits per heavy atom. The van der Waals surface area contributed by atoms with Crippen molar-refractivity contribution in [1.29, 1.82) is 0 Å². The summed E-state index contributed by atoms with van der Waals surface area (Å²) in [5, 5.41) is 7.41. The lowest BCUT2D eigenvalue weighted by atomic mass is 10.2. The Morgan fingerprint density at radius 3 is 2.71 bits per heavy atom. The van der Waals surface area contributed by atoms with Crippen LogP contribution in [0.5, 0.6) is 5.75 Å². The third-order valence-corrected chi connectivity index (χ3v) is 5.25. The van der Waals surface area contributed by atoms with Gasteiger partial charge in [-0.3, -0.25) is 9.69 Å². The van der Waals surface area contributed by atoms with Crippen molar-refractivity contribution < 1.29 is 14.3 Å². The van der Waals surface area contributed by atoms with E-state index < -0.39 is 0 Å². The van der Waals surface area contributed by atoms with Gasteiger partial charge in [0, 0.05) is 31.9 Å². The van der Waals surface area contributed by atoms with Crippen LogP contribution < -0.4 is 10.1 Å². The van der Waals surface area contributed by atoms with Gasteiger partial charge in [0.05, 0.1) is 18.9 Å². The first-order valence-electron chi connectivity index (χ1n) is 10.6. The molecule has 7 heteroatoms. The van der Waals surface area contributed by atoms with E-state index >= 15 is 0 Å². The predicted octanol–water partition coefficient (Wildman–Crippen LogP) is 2.82. The average Bonchev–Trinajstić information content (AvgIpc) is 3.21. The molecular weight excluding hydrogens is 392 g/mol. The van der Waals surface area contributed by atoms with Crippen molar-refractivity contribution in [2.24, 2.45) is 0 Å². The van der Waals surface area contributed by atoms with E-state index in [9.17, 15) is 4.79 Å². The van der Waals surface area contributed by atoms with E-state index in [0.717, 1.165) is 55.5 Å². The molecule has 0 spiro atoms. The molecule has 1 amide bonds. The number of morpholine rings is 1. The van der Waals surface area contributed by atoms with Gasteiger partial charge in [-0.2, -0.15) is 5.10 Å². The fraction of sp³-hybridized carbons (Fsp3) is 0.333. The Morgan fingerprint density at radius 1 is 1.10 bits per heavy atom. The molecule has 0 aliphatic carbocycles. The number of aryl methyl sites for hydroxylation is 1. The normalized spacial score (nSPS) is 14.4. The smallest absolute Gasteiger partial charge is 0.272 e. The summed E-state index contributed by atoms with van der Waals surface area (Å²) in [6, 6.07) is 19.4. The number of ether oxygens (including phenoxy) is 2. The molecule has 7 nitrogen and oxygen atoms in total. The number of hydrogen-bond acceptors (Lipinski definition) is 5. The zero-order valence-corrected chi connectivity index (χ0v) is 17.8. The van der Waals surface area contributed by atoms with Gasteiger partial charge in [0.1, 0.15) is 12.4 Å². The third-order valence-electron chi connectivity index (χ3n) is 5.25. The molecule has 2 aromatic carbocycles. The van der Waals surface area contributed by atoms with E-state index in [-0.39, 0.29) is 5.91 Å². The van der Waals surface area contributed by atoms with E-state index in [1.807, 2.05) is 61.5 Å². The summed E-state index contributed by atoms with van der Waals surface area (Å²) < 4.78 is 13.0. The number of amides is 1. The first-order chi connectivity index (χ1) is 15.2. The second-order valence-corrected chi connectivity index (χ2v) is 7.55. The van der Waals surface area contributed by atoms with Crippen LogP contribution in [0.3, 0.4) is 0 Å². The maximum atomic E-state index is 12.6. The van der Waals surface area contributed by atoms with Crippen LogP contribution in [0.1, 0.15) is 21.7 Å². The van der Waals surface area contributed by atoms with Gasteiger partial charge in [0.2, 0.25) is 0 Å². The van der Waals surface area contributed by atoms with Crippen molar-refractivity contribution in [3.63, 3.8) is 0 Å². The number of benzene rings is 2. The van der Waals surface area contributed by atoms with Gasteiger partial charge >= 0.3 is 0 Å². The Kier molecular flexibility index (Phi) is 6.96. The molecule has 2 heterocycles. The van der Waals surface area contributed by atoms with Crippen LogP contribution in [-0.4, -0.2) is 60.0 Å². The molecule has 0 unspecified atom stereocenters. The van der Waals surface area contributed by atoms with Crippen molar-refractivity contribution in [2.45, 2.75) is 13.5 Å². The van der Waals surface area contributed by atoms with Gasteiger partial charge in [-0.15, -0.1) is 0 Å². The molecule has 1 aromatic heterocycles. The largest absolute Gasteiger partial charge is 0.492 e. The molecule has 1 saturated heterocycles. The van der Waals surface area contributed by atoms with E-state index in [0.29, 0.717) is 18.8 Å². The molecule has 4 rings (SSSR count). The van der Waals surface area contributed by atoms with Gasteiger partial charge in [0.25, 0.3) is 5.91 Å². The van der Waals surface area contributed by atoms with Crippen LogP contribution in [0.2, 0.25) is 0 Å². The first-order valence-corrected chi connectivity index (χ1v) is 10.6. The zero-order chi connectivity index (χ0) is 21.5. The molecule has 1 aliphatic rings. The van der Waals surface area contributed by atoms with E-state index in [4.69, 9.17) is 9.47 Å². The van der Waals surface area contributed by atoms with Crippen molar-refractivity contribution in [3.8, 4) is 11.4 Å². The Hall–Kier alpha value is -3.16. The summed E-state index contributed by atoms with van der Waals surface area (Å²) in [6.07, 6.45) is 0. The van der Waals surface area contributed by atoms with E-state index in [1.54, 1.807) is 10.7 Å². The SMILES string of the molecule is Cc1cc(C(=O)NCc2cccc(OCCN3CCOCC3)c2)nn1-c1ccccc1. The average molecular weight is 421 g/mol. The Bertz CT molecular complexity index is 997. The van der Waals surface area contributed by atoms with Crippen molar-refractivity contribution in [2.75, 3.05) is 39.5 Å². The minimum Gasteiger partial charge on any atom is -0.492 e. The second kappa shape index (κ2) is 10.2. The lowest BCUT2D eigenvalue weighted by molar-refractivity contribution is 0.0322. The summed E-state index contributed by atoms with van der Waals surface area (Å²) in [5.74, 6) is 0.612. The molecule has 162 valence electrons. The van der Waals surface area contributed by atoms with E-state index in [1.165, 1.54) is 0 Å². The molecule has 3 aromatic rings. The lowest BCUT2D eigenvalue weighted by Crippen LogP contribution is -2.38. The first kappa shape index (κ1) is 21.1. The highest BCUT2D eigenvalue weighted by atomic mass is 16.5. The molecule has 1 aliphatic heterocycles. The molecule has 0 atom stereocenters. The number of rotatable bonds is 8. The van der Waals surface area contributed by atoms with Crippen LogP contribution in [0.4, 0.5) is 0 Å². The van der Waals surface area contributed by atoms with Gasteiger partial charge in [-0.25, -0.2) is 4.68 Å². The lowest BCUT2D eigenvalue weighted by Gasteiger charge is -2.26. The number of hydrogen-bond donors (Lipinski definition) is 1.